The molecule has 0 aliphatic rings. The van der Waals surface area contributed by atoms with Crippen molar-refractivity contribution in [2.75, 3.05) is 38.0 Å². The fraction of sp³-hybridized carbons (Fsp3) is 0.650. The number of hydrogen-bond acceptors (Lipinski definition) is 4. The maximum atomic E-state index is 12.7. The predicted molar refractivity (Wildman–Crippen MR) is 111 cm³/mol. The summed E-state index contributed by atoms with van der Waals surface area (Å²) in [6.45, 7) is 15.0. The lowest BCUT2D eigenvalue weighted by Crippen LogP contribution is -2.38. The fourth-order valence-electron chi connectivity index (χ4n) is 3.09. The van der Waals surface area contributed by atoms with E-state index in [1.54, 1.807) is 18.2 Å². The normalized spacial score (nSPS) is 12.4. The smallest absolute Gasteiger partial charge is 0.243 e. The van der Waals surface area contributed by atoms with E-state index in [2.05, 4.69) is 37.9 Å². The van der Waals surface area contributed by atoms with Gasteiger partial charge in [-0.2, -0.15) is 4.31 Å². The van der Waals surface area contributed by atoms with Crippen LogP contribution in [0.3, 0.4) is 0 Å². The molecular formula is C20H35N3O3S. The van der Waals surface area contributed by atoms with Gasteiger partial charge in [-0.05, 0) is 30.0 Å². The first-order valence-corrected chi connectivity index (χ1v) is 11.2. The van der Waals surface area contributed by atoms with Gasteiger partial charge in [-0.15, -0.1) is 0 Å². The highest BCUT2D eigenvalue weighted by atomic mass is 32.2. The van der Waals surface area contributed by atoms with E-state index in [9.17, 15) is 13.2 Å². The van der Waals surface area contributed by atoms with Crippen molar-refractivity contribution in [2.45, 2.75) is 46.4 Å². The van der Waals surface area contributed by atoms with Crippen LogP contribution in [-0.2, 0) is 14.8 Å². The summed E-state index contributed by atoms with van der Waals surface area (Å²) in [6.07, 6.45) is 0. The molecule has 0 radical (unpaired) electrons. The van der Waals surface area contributed by atoms with Crippen molar-refractivity contribution in [3.63, 3.8) is 0 Å². The summed E-state index contributed by atoms with van der Waals surface area (Å²) < 4.78 is 26.7. The highest BCUT2D eigenvalue weighted by Gasteiger charge is 2.22. The number of benzene rings is 1. The number of nitrogens with zero attached hydrogens (tertiary/aromatic N) is 2. The molecule has 0 aromatic heterocycles. The van der Waals surface area contributed by atoms with Gasteiger partial charge < -0.3 is 5.32 Å². The van der Waals surface area contributed by atoms with E-state index in [1.165, 1.54) is 10.4 Å². The van der Waals surface area contributed by atoms with Gasteiger partial charge in [-0.3, -0.25) is 9.69 Å². The van der Waals surface area contributed by atoms with Crippen LogP contribution in [0.4, 0.5) is 5.69 Å². The Hall–Kier alpha value is -1.44. The van der Waals surface area contributed by atoms with Crippen molar-refractivity contribution >= 4 is 21.6 Å². The highest BCUT2D eigenvalue weighted by Crippen LogP contribution is 2.19. The molecule has 1 N–H and O–H groups in total. The SMILES string of the molecule is CCN(CC)S(=O)(=O)c1cccc(NC(=O)CN(CC(C)C)CC(C)C)c1. The summed E-state index contributed by atoms with van der Waals surface area (Å²) >= 11 is 0. The van der Waals surface area contributed by atoms with Gasteiger partial charge in [0.15, 0.2) is 0 Å². The van der Waals surface area contributed by atoms with Crippen LogP contribution in [0, 0.1) is 11.8 Å². The maximum absolute atomic E-state index is 12.7. The lowest BCUT2D eigenvalue weighted by atomic mass is 10.1. The fourth-order valence-corrected chi connectivity index (χ4v) is 4.59. The molecule has 0 atom stereocenters. The lowest BCUT2D eigenvalue weighted by Gasteiger charge is -2.25. The number of sulfonamides is 1. The minimum atomic E-state index is -3.54. The molecule has 1 rings (SSSR count). The number of amides is 1. The Morgan fingerprint density at radius 3 is 2.07 bits per heavy atom. The molecule has 0 aliphatic carbocycles. The maximum Gasteiger partial charge on any atom is 0.243 e. The third-order valence-corrected chi connectivity index (χ3v) is 6.12. The van der Waals surface area contributed by atoms with Crippen molar-refractivity contribution < 1.29 is 13.2 Å². The first kappa shape index (κ1) is 23.6. The van der Waals surface area contributed by atoms with Crippen molar-refractivity contribution in [1.82, 2.24) is 9.21 Å². The van der Waals surface area contributed by atoms with Gasteiger partial charge in [0.1, 0.15) is 0 Å². The van der Waals surface area contributed by atoms with Gasteiger partial charge in [-0.1, -0.05) is 47.6 Å². The number of carbonyl (C=O) groups is 1. The zero-order chi connectivity index (χ0) is 20.6. The highest BCUT2D eigenvalue weighted by molar-refractivity contribution is 7.89. The van der Waals surface area contributed by atoms with Crippen molar-refractivity contribution in [3.05, 3.63) is 24.3 Å². The van der Waals surface area contributed by atoms with Crippen LogP contribution in [0.5, 0.6) is 0 Å². The Morgan fingerprint density at radius 2 is 1.59 bits per heavy atom. The van der Waals surface area contributed by atoms with Crippen LogP contribution in [0.15, 0.2) is 29.2 Å². The predicted octanol–water partition coefficient (Wildman–Crippen LogP) is 3.27. The molecule has 0 fully saturated rings. The van der Waals surface area contributed by atoms with Crippen LogP contribution in [0.2, 0.25) is 0 Å². The van der Waals surface area contributed by atoms with E-state index >= 15 is 0 Å². The van der Waals surface area contributed by atoms with Gasteiger partial charge >= 0.3 is 0 Å². The molecular weight excluding hydrogens is 362 g/mol. The summed E-state index contributed by atoms with van der Waals surface area (Å²) in [5.41, 5.74) is 0.502. The van der Waals surface area contributed by atoms with Crippen LogP contribution in [0.1, 0.15) is 41.5 Å². The van der Waals surface area contributed by atoms with Crippen LogP contribution in [-0.4, -0.2) is 56.3 Å². The van der Waals surface area contributed by atoms with Crippen LogP contribution in [0.25, 0.3) is 0 Å². The van der Waals surface area contributed by atoms with E-state index in [1.807, 2.05) is 13.8 Å². The zero-order valence-electron chi connectivity index (χ0n) is 17.5. The van der Waals surface area contributed by atoms with E-state index in [-0.39, 0.29) is 10.8 Å². The minimum absolute atomic E-state index is 0.131. The summed E-state index contributed by atoms with van der Waals surface area (Å²) in [5.74, 6) is 0.812. The van der Waals surface area contributed by atoms with Crippen molar-refractivity contribution in [3.8, 4) is 0 Å². The molecule has 27 heavy (non-hydrogen) atoms. The van der Waals surface area contributed by atoms with Crippen LogP contribution < -0.4 is 5.32 Å². The average molecular weight is 398 g/mol. The van der Waals surface area contributed by atoms with E-state index in [0.29, 0.717) is 37.2 Å². The number of anilines is 1. The largest absolute Gasteiger partial charge is 0.325 e. The Kier molecular flexibility index (Phi) is 9.42. The standard InChI is InChI=1S/C20H35N3O3S/c1-7-23(8-2)27(25,26)19-11-9-10-18(12-19)21-20(24)15-22(13-16(3)4)14-17(5)6/h9-12,16-17H,7-8,13-15H2,1-6H3,(H,21,24). The molecule has 0 bridgehead atoms. The number of rotatable bonds is 11. The van der Waals surface area contributed by atoms with Gasteiger partial charge in [-0.25, -0.2) is 8.42 Å². The lowest BCUT2D eigenvalue weighted by molar-refractivity contribution is -0.117. The third kappa shape index (κ3) is 7.60. The molecule has 0 heterocycles. The molecule has 1 aromatic rings. The minimum Gasteiger partial charge on any atom is -0.325 e. The molecule has 0 unspecified atom stereocenters. The first-order chi connectivity index (χ1) is 12.6. The Balaban J connectivity index is 2.88. The van der Waals surface area contributed by atoms with Gasteiger partial charge in [0, 0.05) is 31.9 Å². The van der Waals surface area contributed by atoms with E-state index < -0.39 is 10.0 Å². The molecule has 154 valence electrons. The first-order valence-electron chi connectivity index (χ1n) is 9.72. The quantitative estimate of drug-likeness (QED) is 0.622. The van der Waals surface area contributed by atoms with Gasteiger partial charge in [0.2, 0.25) is 15.9 Å². The second kappa shape index (κ2) is 10.8. The molecule has 0 spiro atoms. The second-order valence-electron chi connectivity index (χ2n) is 7.65. The van der Waals surface area contributed by atoms with Gasteiger partial charge in [0.05, 0.1) is 11.4 Å². The van der Waals surface area contributed by atoms with E-state index in [4.69, 9.17) is 0 Å². The number of nitrogens with one attached hydrogen (secondary N) is 1. The summed E-state index contributed by atoms with van der Waals surface area (Å²) in [6, 6.07) is 6.47. The Morgan fingerprint density at radius 1 is 1.04 bits per heavy atom. The molecule has 0 saturated carbocycles. The molecule has 0 aliphatic heterocycles. The number of hydrogen-bond donors (Lipinski definition) is 1. The summed E-state index contributed by atoms with van der Waals surface area (Å²) in [7, 11) is -3.54. The summed E-state index contributed by atoms with van der Waals surface area (Å²) in [5, 5.41) is 2.84. The summed E-state index contributed by atoms with van der Waals surface area (Å²) in [4.78, 5) is 14.8. The van der Waals surface area contributed by atoms with Gasteiger partial charge in [0.25, 0.3) is 0 Å². The third-order valence-electron chi connectivity index (χ3n) is 4.07. The zero-order valence-corrected chi connectivity index (χ0v) is 18.3. The Bertz CT molecular complexity index is 688. The molecule has 6 nitrogen and oxygen atoms in total. The molecule has 1 amide bonds. The van der Waals surface area contributed by atoms with E-state index in [0.717, 1.165) is 13.1 Å². The van der Waals surface area contributed by atoms with Crippen molar-refractivity contribution in [1.29, 1.82) is 0 Å². The average Bonchev–Trinajstić information content (AvgIpc) is 2.54. The van der Waals surface area contributed by atoms with Crippen LogP contribution >= 0.6 is 0 Å². The topological polar surface area (TPSA) is 69.7 Å². The Labute approximate surface area is 165 Å². The second-order valence-corrected chi connectivity index (χ2v) is 9.59. The van der Waals surface area contributed by atoms with Crippen molar-refractivity contribution in [2.24, 2.45) is 11.8 Å². The number of carbonyl (C=O) groups excluding carboxylic acids is 1. The molecule has 7 heteroatoms. The molecule has 0 saturated heterocycles. The molecule has 1 aromatic carbocycles. The monoisotopic (exact) mass is 397 g/mol.